The van der Waals surface area contributed by atoms with Crippen molar-refractivity contribution in [2.24, 2.45) is 0 Å². The summed E-state index contributed by atoms with van der Waals surface area (Å²) in [6, 6.07) is 14.5. The zero-order chi connectivity index (χ0) is 23.8. The van der Waals surface area contributed by atoms with Crippen molar-refractivity contribution in [2.75, 3.05) is 31.3 Å². The highest BCUT2D eigenvalue weighted by Gasteiger charge is 2.33. The van der Waals surface area contributed by atoms with Crippen LogP contribution in [0.1, 0.15) is 42.6 Å². The van der Waals surface area contributed by atoms with Crippen LogP contribution in [0, 0.1) is 0 Å². The van der Waals surface area contributed by atoms with Gasteiger partial charge in [0.15, 0.2) is 15.6 Å². The Morgan fingerprint density at radius 1 is 1.15 bits per heavy atom. The number of nitrogens with zero attached hydrogens (tertiary/aromatic N) is 1. The maximum absolute atomic E-state index is 12.1. The number of Topliss-reactive ketones (excluding diaryl/α,β-unsaturated/α-hetero) is 1. The number of ether oxygens (including phenoxy) is 2. The van der Waals surface area contributed by atoms with E-state index in [9.17, 15) is 18.3 Å². The summed E-state index contributed by atoms with van der Waals surface area (Å²) in [6.45, 7) is 5.04. The highest BCUT2D eigenvalue weighted by atomic mass is 32.2. The van der Waals surface area contributed by atoms with Gasteiger partial charge in [0.2, 0.25) is 0 Å². The van der Waals surface area contributed by atoms with Gasteiger partial charge in [-0.1, -0.05) is 31.2 Å². The molecular weight excluding hydrogens is 442 g/mol. The Kier molecular flexibility index (Phi) is 8.88. The van der Waals surface area contributed by atoms with Crippen LogP contribution in [0.15, 0.2) is 48.5 Å². The van der Waals surface area contributed by atoms with E-state index < -0.39 is 15.9 Å². The molecule has 7 nitrogen and oxygen atoms in total. The van der Waals surface area contributed by atoms with Gasteiger partial charge in [-0.05, 0) is 49.6 Å². The number of benzene rings is 2. The van der Waals surface area contributed by atoms with E-state index in [1.807, 2.05) is 29.2 Å². The summed E-state index contributed by atoms with van der Waals surface area (Å²) in [5.41, 5.74) is 1.57. The molecule has 0 spiro atoms. The van der Waals surface area contributed by atoms with Crippen molar-refractivity contribution in [3.63, 3.8) is 0 Å². The summed E-state index contributed by atoms with van der Waals surface area (Å²) in [5.74, 6) is 1.53. The maximum atomic E-state index is 12.1. The van der Waals surface area contributed by atoms with Gasteiger partial charge in [-0.25, -0.2) is 8.42 Å². The van der Waals surface area contributed by atoms with Crippen molar-refractivity contribution >= 4 is 15.6 Å². The Bertz CT molecular complexity index is 1020. The topological polar surface area (TPSA) is 93.1 Å². The van der Waals surface area contributed by atoms with E-state index in [1.165, 1.54) is 6.92 Å². The molecule has 180 valence electrons. The third kappa shape index (κ3) is 7.84. The monoisotopic (exact) mass is 475 g/mol. The van der Waals surface area contributed by atoms with E-state index in [-0.39, 0.29) is 36.5 Å². The normalized spacial score (nSPS) is 18.2. The largest absolute Gasteiger partial charge is 0.494 e. The van der Waals surface area contributed by atoms with Crippen molar-refractivity contribution in [1.82, 2.24) is 4.90 Å². The van der Waals surface area contributed by atoms with E-state index in [0.29, 0.717) is 30.9 Å². The summed E-state index contributed by atoms with van der Waals surface area (Å²) >= 11 is 0. The quantitative estimate of drug-likeness (QED) is 0.472. The van der Waals surface area contributed by atoms with Gasteiger partial charge in [0.05, 0.1) is 18.1 Å². The Hall–Kier alpha value is -2.42. The molecule has 8 heteroatoms. The predicted molar refractivity (Wildman–Crippen MR) is 128 cm³/mol. The second-order valence-corrected chi connectivity index (χ2v) is 10.8. The zero-order valence-corrected chi connectivity index (χ0v) is 20.1. The lowest BCUT2D eigenvalue weighted by molar-refractivity contribution is 0.0524. The molecule has 2 unspecified atom stereocenters. The third-order valence-corrected chi connectivity index (χ3v) is 7.39. The van der Waals surface area contributed by atoms with E-state index in [1.54, 1.807) is 24.3 Å². The second kappa shape index (κ2) is 11.6. The molecule has 2 atom stereocenters. The average Bonchev–Trinajstić information content (AvgIpc) is 3.16. The lowest BCUT2D eigenvalue weighted by Crippen LogP contribution is -2.42. The van der Waals surface area contributed by atoms with Gasteiger partial charge in [-0.2, -0.15) is 0 Å². The molecule has 1 fully saturated rings. The second-order valence-electron chi connectivity index (χ2n) is 8.53. The molecule has 3 rings (SSSR count). The first-order valence-corrected chi connectivity index (χ1v) is 13.2. The zero-order valence-electron chi connectivity index (χ0n) is 19.3. The molecule has 0 saturated carbocycles. The van der Waals surface area contributed by atoms with Crippen LogP contribution in [0.2, 0.25) is 0 Å². The number of sulfone groups is 1. The molecule has 1 heterocycles. The fourth-order valence-electron chi connectivity index (χ4n) is 3.87. The van der Waals surface area contributed by atoms with Gasteiger partial charge in [0.25, 0.3) is 0 Å². The number of hydrogen-bond acceptors (Lipinski definition) is 7. The predicted octanol–water partition coefficient (Wildman–Crippen LogP) is 3.11. The number of ketones is 1. The summed E-state index contributed by atoms with van der Waals surface area (Å²) in [4.78, 5) is 13.6. The van der Waals surface area contributed by atoms with Crippen LogP contribution < -0.4 is 9.47 Å². The molecule has 0 amide bonds. The Labute approximate surface area is 196 Å². The molecular formula is C25H33NO6S. The number of carbonyl (C=O) groups excluding carboxylic acids is 1. The van der Waals surface area contributed by atoms with Crippen LogP contribution in [0.5, 0.6) is 11.5 Å². The maximum Gasteiger partial charge on any atom is 0.159 e. The summed E-state index contributed by atoms with van der Waals surface area (Å²) in [6.07, 6.45) is 0.667. The van der Waals surface area contributed by atoms with Gasteiger partial charge in [0.1, 0.15) is 24.2 Å². The average molecular weight is 476 g/mol. The van der Waals surface area contributed by atoms with Crippen molar-refractivity contribution in [3.8, 4) is 11.5 Å². The van der Waals surface area contributed by atoms with Crippen LogP contribution in [0.4, 0.5) is 0 Å². The van der Waals surface area contributed by atoms with Crippen molar-refractivity contribution < 1.29 is 27.8 Å². The Morgan fingerprint density at radius 3 is 2.55 bits per heavy atom. The summed E-state index contributed by atoms with van der Waals surface area (Å²) in [5, 5.41) is 10.7. The number of aliphatic hydroxyl groups excluding tert-OH is 1. The fourth-order valence-corrected chi connectivity index (χ4v) is 5.63. The third-order valence-electron chi connectivity index (χ3n) is 5.63. The molecule has 0 bridgehead atoms. The van der Waals surface area contributed by atoms with Crippen LogP contribution >= 0.6 is 0 Å². The van der Waals surface area contributed by atoms with E-state index in [2.05, 4.69) is 6.92 Å². The van der Waals surface area contributed by atoms with Gasteiger partial charge in [-0.3, -0.25) is 9.69 Å². The Morgan fingerprint density at radius 2 is 1.91 bits per heavy atom. The van der Waals surface area contributed by atoms with E-state index >= 15 is 0 Å². The minimum absolute atomic E-state index is 0.0428. The molecule has 1 aliphatic heterocycles. The molecule has 0 aliphatic carbocycles. The molecule has 33 heavy (non-hydrogen) atoms. The van der Waals surface area contributed by atoms with Crippen LogP contribution in [-0.2, 0) is 16.4 Å². The highest BCUT2D eigenvalue weighted by molar-refractivity contribution is 7.91. The summed E-state index contributed by atoms with van der Waals surface area (Å²) in [7, 11) is -3.06. The highest BCUT2D eigenvalue weighted by Crippen LogP contribution is 2.22. The van der Waals surface area contributed by atoms with Gasteiger partial charge in [0, 0.05) is 24.7 Å². The SMILES string of the molecule is CCCOc1ccc(CN(CC(O)COc2cccc(C(C)=O)c2)C2CCS(=O)(=O)C2)cc1. The number of rotatable bonds is 12. The first kappa shape index (κ1) is 25.2. The molecule has 2 aromatic carbocycles. The number of aliphatic hydroxyl groups is 1. The lowest BCUT2D eigenvalue weighted by atomic mass is 10.1. The smallest absolute Gasteiger partial charge is 0.159 e. The molecule has 2 aromatic rings. The van der Waals surface area contributed by atoms with E-state index in [4.69, 9.17) is 9.47 Å². The Balaban J connectivity index is 1.64. The van der Waals surface area contributed by atoms with Crippen molar-refractivity contribution in [2.45, 2.75) is 45.4 Å². The summed E-state index contributed by atoms with van der Waals surface area (Å²) < 4.78 is 35.5. The van der Waals surface area contributed by atoms with Crippen LogP contribution in [-0.4, -0.2) is 67.6 Å². The van der Waals surface area contributed by atoms with Crippen molar-refractivity contribution in [1.29, 1.82) is 0 Å². The lowest BCUT2D eigenvalue weighted by Gasteiger charge is -2.30. The minimum Gasteiger partial charge on any atom is -0.494 e. The molecule has 0 radical (unpaired) electrons. The van der Waals surface area contributed by atoms with E-state index in [0.717, 1.165) is 17.7 Å². The first-order valence-electron chi connectivity index (χ1n) is 11.3. The van der Waals surface area contributed by atoms with Gasteiger partial charge >= 0.3 is 0 Å². The fraction of sp³-hybridized carbons (Fsp3) is 0.480. The molecule has 1 aliphatic rings. The van der Waals surface area contributed by atoms with Gasteiger partial charge in [-0.15, -0.1) is 0 Å². The van der Waals surface area contributed by atoms with Gasteiger partial charge < -0.3 is 14.6 Å². The first-order chi connectivity index (χ1) is 15.8. The molecule has 1 saturated heterocycles. The number of carbonyl (C=O) groups is 1. The molecule has 1 N–H and O–H groups in total. The van der Waals surface area contributed by atoms with Crippen LogP contribution in [0.25, 0.3) is 0 Å². The van der Waals surface area contributed by atoms with Crippen molar-refractivity contribution in [3.05, 3.63) is 59.7 Å². The standard InChI is InChI=1S/C25H33NO6S/c1-3-12-31-24-9-7-20(8-10-24)15-26(22-11-13-33(29,30)18-22)16-23(28)17-32-25-6-4-5-21(14-25)19(2)27/h4-10,14,22-23,28H,3,11-13,15-18H2,1-2H3. The molecule has 0 aromatic heterocycles. The minimum atomic E-state index is -3.06. The van der Waals surface area contributed by atoms with Crippen LogP contribution in [0.3, 0.4) is 0 Å². The number of hydrogen-bond donors (Lipinski definition) is 1.